The summed E-state index contributed by atoms with van der Waals surface area (Å²) in [5.74, 6) is 0.784. The third kappa shape index (κ3) is 8.86. The number of carbonyl (C=O) groups is 1. The number of benzene rings is 1. The van der Waals surface area contributed by atoms with E-state index >= 15 is 0 Å². The van der Waals surface area contributed by atoms with E-state index in [4.69, 9.17) is 14.2 Å². The lowest BCUT2D eigenvalue weighted by atomic mass is 9.86. The van der Waals surface area contributed by atoms with Crippen LogP contribution in [0.1, 0.15) is 56.6 Å². The minimum absolute atomic E-state index is 0. The standard InChI is InChI=1S/C24H37N3O4.HI/c1-3-30-23(28)20-7-9-21(10-8-20)27-24(25-2)26-16-18-5-4-6-19(15-18)17-31-22-11-13-29-14-12-22;/h4-6,15,20-22H,3,7-14,16-17H2,1-2H3,(H2,25,26,27);1H. The Kier molecular flexibility index (Phi) is 12.3. The fraction of sp³-hybridized carbons (Fsp3) is 0.667. The molecule has 2 aliphatic rings. The minimum atomic E-state index is -0.0517. The van der Waals surface area contributed by atoms with Crippen molar-refractivity contribution in [2.75, 3.05) is 26.9 Å². The van der Waals surface area contributed by atoms with Gasteiger partial charge in [0.05, 0.1) is 25.2 Å². The number of rotatable bonds is 8. The van der Waals surface area contributed by atoms with Gasteiger partial charge < -0.3 is 24.8 Å². The Morgan fingerprint density at radius 3 is 2.53 bits per heavy atom. The lowest BCUT2D eigenvalue weighted by Crippen LogP contribution is -2.45. The molecule has 7 nitrogen and oxygen atoms in total. The van der Waals surface area contributed by atoms with Gasteiger partial charge in [-0.05, 0) is 56.6 Å². The number of esters is 1. The van der Waals surface area contributed by atoms with Crippen LogP contribution < -0.4 is 10.6 Å². The molecule has 8 heteroatoms. The summed E-state index contributed by atoms with van der Waals surface area (Å²) in [6, 6.07) is 8.81. The summed E-state index contributed by atoms with van der Waals surface area (Å²) in [5, 5.41) is 6.91. The van der Waals surface area contributed by atoms with Crippen LogP contribution in [0.25, 0.3) is 0 Å². The Morgan fingerprint density at radius 1 is 1.12 bits per heavy atom. The third-order valence-electron chi connectivity index (χ3n) is 6.02. The quantitative estimate of drug-likeness (QED) is 0.219. The van der Waals surface area contributed by atoms with Gasteiger partial charge in [-0.3, -0.25) is 9.79 Å². The van der Waals surface area contributed by atoms with E-state index in [-0.39, 0.29) is 35.9 Å². The van der Waals surface area contributed by atoms with Gasteiger partial charge in [-0.25, -0.2) is 0 Å². The Labute approximate surface area is 209 Å². The molecule has 2 N–H and O–H groups in total. The van der Waals surface area contributed by atoms with Gasteiger partial charge in [-0.2, -0.15) is 0 Å². The molecule has 1 heterocycles. The highest BCUT2D eigenvalue weighted by Gasteiger charge is 2.27. The van der Waals surface area contributed by atoms with Crippen molar-refractivity contribution in [2.45, 2.75) is 70.7 Å². The lowest BCUT2D eigenvalue weighted by molar-refractivity contribution is -0.149. The first-order valence-corrected chi connectivity index (χ1v) is 11.6. The van der Waals surface area contributed by atoms with Gasteiger partial charge in [-0.1, -0.05) is 24.3 Å². The molecule has 1 aromatic rings. The average Bonchev–Trinajstić information content (AvgIpc) is 2.82. The highest BCUT2D eigenvalue weighted by atomic mass is 127. The van der Waals surface area contributed by atoms with Crippen LogP contribution in [0.3, 0.4) is 0 Å². The molecule has 32 heavy (non-hydrogen) atoms. The predicted molar refractivity (Wildman–Crippen MR) is 136 cm³/mol. The van der Waals surface area contributed by atoms with Crippen LogP contribution in [0, 0.1) is 5.92 Å². The van der Waals surface area contributed by atoms with Crippen molar-refractivity contribution in [3.8, 4) is 0 Å². The molecular formula is C24H38IN3O4. The molecule has 1 aromatic carbocycles. The van der Waals surface area contributed by atoms with Crippen molar-refractivity contribution >= 4 is 35.9 Å². The molecule has 0 unspecified atom stereocenters. The number of carbonyl (C=O) groups excluding carboxylic acids is 1. The zero-order valence-corrected chi connectivity index (χ0v) is 21.6. The second-order valence-corrected chi connectivity index (χ2v) is 8.31. The molecule has 2 fully saturated rings. The van der Waals surface area contributed by atoms with E-state index in [1.54, 1.807) is 7.05 Å². The second-order valence-electron chi connectivity index (χ2n) is 8.31. The van der Waals surface area contributed by atoms with Crippen molar-refractivity contribution in [1.29, 1.82) is 0 Å². The minimum Gasteiger partial charge on any atom is -0.466 e. The van der Waals surface area contributed by atoms with Crippen LogP contribution in [0.4, 0.5) is 0 Å². The van der Waals surface area contributed by atoms with Gasteiger partial charge in [0, 0.05) is 32.8 Å². The van der Waals surface area contributed by atoms with Crippen molar-refractivity contribution in [1.82, 2.24) is 10.6 Å². The highest BCUT2D eigenvalue weighted by molar-refractivity contribution is 14.0. The van der Waals surface area contributed by atoms with E-state index in [1.165, 1.54) is 11.1 Å². The largest absolute Gasteiger partial charge is 0.466 e. The fourth-order valence-electron chi connectivity index (χ4n) is 4.19. The van der Waals surface area contributed by atoms with Crippen LogP contribution in [0.15, 0.2) is 29.3 Å². The average molecular weight is 559 g/mol. The van der Waals surface area contributed by atoms with Crippen molar-refractivity contribution < 1.29 is 19.0 Å². The van der Waals surface area contributed by atoms with Crippen LogP contribution in [-0.2, 0) is 32.2 Å². The number of ether oxygens (including phenoxy) is 3. The van der Waals surface area contributed by atoms with E-state index in [1.807, 2.05) is 6.92 Å². The van der Waals surface area contributed by atoms with Crippen molar-refractivity contribution in [3.63, 3.8) is 0 Å². The first kappa shape index (κ1) is 26.9. The van der Waals surface area contributed by atoms with Crippen molar-refractivity contribution in [2.24, 2.45) is 10.9 Å². The number of hydrogen-bond acceptors (Lipinski definition) is 5. The van der Waals surface area contributed by atoms with Gasteiger partial charge in [0.2, 0.25) is 0 Å². The number of halogens is 1. The van der Waals surface area contributed by atoms with E-state index < -0.39 is 0 Å². The normalized spacial score (nSPS) is 22.0. The van der Waals surface area contributed by atoms with Crippen molar-refractivity contribution in [3.05, 3.63) is 35.4 Å². The maximum absolute atomic E-state index is 11.9. The number of nitrogens with one attached hydrogen (secondary N) is 2. The number of guanidine groups is 1. The summed E-state index contributed by atoms with van der Waals surface area (Å²) >= 11 is 0. The molecule has 0 spiro atoms. The fourth-order valence-corrected chi connectivity index (χ4v) is 4.19. The van der Waals surface area contributed by atoms with E-state index in [0.717, 1.165) is 57.7 Å². The topological polar surface area (TPSA) is 81.2 Å². The summed E-state index contributed by atoms with van der Waals surface area (Å²) in [5.41, 5.74) is 2.38. The molecule has 1 saturated carbocycles. The Bertz CT molecular complexity index is 717. The Balaban J connectivity index is 0.00000363. The maximum Gasteiger partial charge on any atom is 0.308 e. The predicted octanol–water partition coefficient (Wildman–Crippen LogP) is 3.79. The highest BCUT2D eigenvalue weighted by Crippen LogP contribution is 2.25. The SMILES string of the molecule is CCOC(=O)C1CCC(NC(=NC)NCc2cccc(COC3CCOCC3)c2)CC1.I. The molecular weight excluding hydrogens is 521 g/mol. The summed E-state index contributed by atoms with van der Waals surface area (Å²) < 4.78 is 16.6. The first-order chi connectivity index (χ1) is 15.2. The molecule has 180 valence electrons. The van der Waals surface area contributed by atoms with Crippen LogP contribution in [0.5, 0.6) is 0 Å². The van der Waals surface area contributed by atoms with Crippen LogP contribution in [0.2, 0.25) is 0 Å². The Hall–Kier alpha value is -1.39. The molecule has 1 aliphatic carbocycles. The molecule has 1 saturated heterocycles. The number of aliphatic imine (C=N–C) groups is 1. The molecule has 0 radical (unpaired) electrons. The van der Waals surface area contributed by atoms with E-state index in [2.05, 4.69) is 39.9 Å². The molecule has 0 amide bonds. The van der Waals surface area contributed by atoms with E-state index in [9.17, 15) is 4.79 Å². The summed E-state index contributed by atoms with van der Waals surface area (Å²) in [4.78, 5) is 16.3. The van der Waals surface area contributed by atoms with Gasteiger partial charge >= 0.3 is 5.97 Å². The summed E-state index contributed by atoms with van der Waals surface area (Å²) in [7, 11) is 1.79. The molecule has 1 aliphatic heterocycles. The van der Waals surface area contributed by atoms with Crippen LogP contribution in [-0.4, -0.2) is 50.9 Å². The first-order valence-electron chi connectivity index (χ1n) is 11.6. The number of hydrogen-bond donors (Lipinski definition) is 2. The Morgan fingerprint density at radius 2 is 1.84 bits per heavy atom. The van der Waals surface area contributed by atoms with Gasteiger partial charge in [0.1, 0.15) is 0 Å². The molecule has 0 bridgehead atoms. The smallest absolute Gasteiger partial charge is 0.308 e. The van der Waals surface area contributed by atoms with Gasteiger partial charge in [0.15, 0.2) is 5.96 Å². The zero-order chi connectivity index (χ0) is 21.9. The van der Waals surface area contributed by atoms with Crippen LogP contribution >= 0.6 is 24.0 Å². The molecule has 0 aromatic heterocycles. The number of nitrogens with zero attached hydrogens (tertiary/aromatic N) is 1. The third-order valence-corrected chi connectivity index (χ3v) is 6.02. The molecule has 0 atom stereocenters. The summed E-state index contributed by atoms with van der Waals surface area (Å²) in [6.07, 6.45) is 5.88. The summed E-state index contributed by atoms with van der Waals surface area (Å²) in [6.45, 7) is 5.24. The monoisotopic (exact) mass is 559 g/mol. The lowest BCUT2D eigenvalue weighted by Gasteiger charge is -2.29. The molecule has 3 rings (SSSR count). The zero-order valence-electron chi connectivity index (χ0n) is 19.3. The van der Waals surface area contributed by atoms with Gasteiger partial charge in [-0.15, -0.1) is 24.0 Å². The van der Waals surface area contributed by atoms with Gasteiger partial charge in [0.25, 0.3) is 0 Å². The maximum atomic E-state index is 11.9. The second kappa shape index (κ2) is 14.7. The van der Waals surface area contributed by atoms with E-state index in [0.29, 0.717) is 31.9 Å².